The molecule has 3 aliphatic heterocycles. The number of carbonyl (C=O) groups excluding carboxylic acids is 3. The van der Waals surface area contributed by atoms with E-state index in [2.05, 4.69) is 24.1 Å². The lowest BCUT2D eigenvalue weighted by atomic mass is 10.1. The first-order valence-corrected chi connectivity index (χ1v) is 11.9. The molecular weight excluding hydrogens is 450 g/mol. The minimum Gasteiger partial charge on any atom is -0.393 e. The third-order valence-electron chi connectivity index (χ3n) is 6.41. The van der Waals surface area contributed by atoms with Crippen LogP contribution in [0.3, 0.4) is 0 Å². The number of pyridine rings is 1. The Hall–Kier alpha value is -3.66. The van der Waals surface area contributed by atoms with Crippen molar-refractivity contribution < 1.29 is 23.9 Å². The van der Waals surface area contributed by atoms with E-state index in [1.54, 1.807) is 23.2 Å². The van der Waals surface area contributed by atoms with E-state index in [1.165, 1.54) is 4.90 Å². The Bertz CT molecular complexity index is 1110. The lowest BCUT2D eigenvalue weighted by Gasteiger charge is -2.46. The second-order valence-corrected chi connectivity index (χ2v) is 9.51. The van der Waals surface area contributed by atoms with Crippen LogP contribution in [0, 0.1) is 5.92 Å². The maximum atomic E-state index is 13.9. The number of hydrogen-bond donors (Lipinski definition) is 1. The zero-order valence-corrected chi connectivity index (χ0v) is 19.8. The zero-order chi connectivity index (χ0) is 24.6. The summed E-state index contributed by atoms with van der Waals surface area (Å²) in [5, 5.41) is 3.50. The van der Waals surface area contributed by atoms with Crippen LogP contribution in [0.25, 0.3) is 0 Å². The number of fused-ring (bicyclic) bond motifs is 1. The number of urea groups is 1. The summed E-state index contributed by atoms with van der Waals surface area (Å²) in [4.78, 5) is 47.7. The van der Waals surface area contributed by atoms with Crippen LogP contribution < -0.4 is 15.1 Å². The Morgan fingerprint density at radius 3 is 2.51 bits per heavy atom. The van der Waals surface area contributed by atoms with Crippen molar-refractivity contribution in [2.75, 3.05) is 36.0 Å². The molecule has 1 spiro atoms. The van der Waals surface area contributed by atoms with Gasteiger partial charge in [-0.1, -0.05) is 32.0 Å². The molecule has 0 radical (unpaired) electrons. The number of nitrogens with one attached hydrogen (secondary N) is 1. The number of esters is 2. The number of nitrogens with zero attached hydrogens (tertiary/aromatic N) is 4. The number of amides is 2. The number of hydrogen-bond acceptors (Lipinski definition) is 8. The van der Waals surface area contributed by atoms with Crippen LogP contribution in [0.4, 0.5) is 16.2 Å². The monoisotopic (exact) mass is 479 g/mol. The van der Waals surface area contributed by atoms with Crippen molar-refractivity contribution in [1.29, 1.82) is 0 Å². The van der Waals surface area contributed by atoms with Crippen LogP contribution >= 0.6 is 0 Å². The molecule has 2 saturated heterocycles. The minimum atomic E-state index is -1.89. The molecule has 184 valence electrons. The summed E-state index contributed by atoms with van der Waals surface area (Å²) < 4.78 is 11.0. The third kappa shape index (κ3) is 4.41. The van der Waals surface area contributed by atoms with Gasteiger partial charge < -0.3 is 24.6 Å². The van der Waals surface area contributed by atoms with Gasteiger partial charge in [0, 0.05) is 25.3 Å². The maximum absolute atomic E-state index is 13.9. The number of carbonyl (C=O) groups is 3. The second kappa shape index (κ2) is 9.18. The molecule has 3 aliphatic rings. The molecule has 0 saturated carbocycles. The SMILES string of the molecule is CC(C)CN[C@H]1CCN(C(=O)N2c3ccccc3N(Cc3ccccn3)CC23OC(=O)C(=O)O3)C1. The van der Waals surface area contributed by atoms with Crippen LogP contribution in [0.15, 0.2) is 48.7 Å². The van der Waals surface area contributed by atoms with Crippen LogP contribution in [-0.4, -0.2) is 66.0 Å². The molecule has 0 aliphatic carbocycles. The van der Waals surface area contributed by atoms with E-state index < -0.39 is 17.8 Å². The molecule has 1 aromatic heterocycles. The fourth-order valence-corrected chi connectivity index (χ4v) is 4.77. The van der Waals surface area contributed by atoms with Crippen molar-refractivity contribution in [2.45, 2.75) is 38.8 Å². The highest BCUT2D eigenvalue weighted by Crippen LogP contribution is 2.44. The van der Waals surface area contributed by atoms with Crippen LogP contribution in [0.1, 0.15) is 26.0 Å². The van der Waals surface area contributed by atoms with E-state index in [9.17, 15) is 14.4 Å². The molecule has 1 N–H and O–H groups in total. The number of likely N-dealkylation sites (tertiary alicyclic amines) is 1. The normalized spacial score (nSPS) is 20.9. The van der Waals surface area contributed by atoms with Crippen molar-refractivity contribution in [3.63, 3.8) is 0 Å². The van der Waals surface area contributed by atoms with E-state index in [-0.39, 0.29) is 18.6 Å². The second-order valence-electron chi connectivity index (χ2n) is 9.51. The van der Waals surface area contributed by atoms with Gasteiger partial charge in [-0.15, -0.1) is 0 Å². The molecule has 1 atom stereocenters. The Balaban J connectivity index is 1.48. The summed E-state index contributed by atoms with van der Waals surface area (Å²) >= 11 is 0. The largest absolute Gasteiger partial charge is 0.422 e. The summed E-state index contributed by atoms with van der Waals surface area (Å²) in [6.45, 7) is 6.54. The van der Waals surface area contributed by atoms with Gasteiger partial charge >= 0.3 is 23.9 Å². The van der Waals surface area contributed by atoms with E-state index >= 15 is 0 Å². The van der Waals surface area contributed by atoms with Crippen molar-refractivity contribution in [2.24, 2.45) is 5.92 Å². The first-order valence-electron chi connectivity index (χ1n) is 11.9. The fourth-order valence-electron chi connectivity index (χ4n) is 4.77. The number of para-hydroxylation sites is 2. The van der Waals surface area contributed by atoms with Gasteiger partial charge in [-0.2, -0.15) is 0 Å². The molecule has 35 heavy (non-hydrogen) atoms. The topological polar surface area (TPSA) is 104 Å². The molecule has 10 nitrogen and oxygen atoms in total. The van der Waals surface area contributed by atoms with E-state index in [1.807, 2.05) is 35.2 Å². The zero-order valence-electron chi connectivity index (χ0n) is 19.8. The molecule has 0 bridgehead atoms. The Morgan fingerprint density at radius 2 is 1.83 bits per heavy atom. The molecule has 5 rings (SSSR count). The quantitative estimate of drug-likeness (QED) is 0.514. The summed E-state index contributed by atoms with van der Waals surface area (Å²) in [6.07, 6.45) is 2.51. The Kier molecular flexibility index (Phi) is 6.06. The molecular formula is C25H29N5O5. The first-order chi connectivity index (χ1) is 16.9. The first kappa shape index (κ1) is 23.1. The van der Waals surface area contributed by atoms with Crippen LogP contribution in [0.5, 0.6) is 0 Å². The number of ether oxygens (including phenoxy) is 2. The van der Waals surface area contributed by atoms with Gasteiger partial charge in [0.25, 0.3) is 0 Å². The summed E-state index contributed by atoms with van der Waals surface area (Å²) in [6, 6.07) is 12.7. The molecule has 4 heterocycles. The highest BCUT2D eigenvalue weighted by molar-refractivity contribution is 6.31. The van der Waals surface area contributed by atoms with Gasteiger partial charge in [0.15, 0.2) is 0 Å². The Labute approximate surface area is 203 Å². The van der Waals surface area contributed by atoms with Crippen LogP contribution in [-0.2, 0) is 25.6 Å². The van der Waals surface area contributed by atoms with Crippen molar-refractivity contribution in [3.05, 3.63) is 54.4 Å². The summed E-state index contributed by atoms with van der Waals surface area (Å²) in [5.74, 6) is -3.62. The molecule has 1 aromatic carbocycles. The number of anilines is 2. The van der Waals surface area contributed by atoms with E-state index in [0.717, 1.165) is 24.3 Å². The molecule has 2 amide bonds. The van der Waals surface area contributed by atoms with Gasteiger partial charge in [-0.25, -0.2) is 19.3 Å². The average Bonchev–Trinajstić information content (AvgIpc) is 3.42. The van der Waals surface area contributed by atoms with E-state index in [4.69, 9.17) is 9.47 Å². The number of aromatic nitrogens is 1. The molecule has 0 unspecified atom stereocenters. The highest BCUT2D eigenvalue weighted by atomic mass is 16.8. The number of rotatable bonds is 5. The van der Waals surface area contributed by atoms with Gasteiger partial charge in [0.05, 0.1) is 23.6 Å². The van der Waals surface area contributed by atoms with E-state index in [0.29, 0.717) is 31.2 Å². The number of benzene rings is 1. The van der Waals surface area contributed by atoms with Crippen molar-refractivity contribution in [3.8, 4) is 0 Å². The third-order valence-corrected chi connectivity index (χ3v) is 6.41. The summed E-state index contributed by atoms with van der Waals surface area (Å²) in [5.41, 5.74) is 2.04. The minimum absolute atomic E-state index is 0.0350. The van der Waals surface area contributed by atoms with Crippen molar-refractivity contribution >= 4 is 29.3 Å². The standard InChI is InChI=1S/C25H29N5O5/c1-17(2)13-27-19-10-12-28(14-19)24(33)30-21-9-4-3-8-20(21)29(15-18-7-5-6-11-26-18)16-25(30)34-22(31)23(32)35-25/h3-9,11,17,19,27H,10,12-16H2,1-2H3/t19-/m0/s1. The molecule has 2 aromatic rings. The average molecular weight is 480 g/mol. The van der Waals surface area contributed by atoms with Crippen molar-refractivity contribution in [1.82, 2.24) is 15.2 Å². The van der Waals surface area contributed by atoms with Gasteiger partial charge in [-0.05, 0) is 43.1 Å². The van der Waals surface area contributed by atoms with Gasteiger partial charge in [0.1, 0.15) is 6.54 Å². The fraction of sp³-hybridized carbons (Fsp3) is 0.440. The maximum Gasteiger partial charge on any atom is 0.422 e. The Morgan fingerprint density at radius 1 is 1.11 bits per heavy atom. The van der Waals surface area contributed by atoms with Gasteiger partial charge in [0.2, 0.25) is 0 Å². The summed E-state index contributed by atoms with van der Waals surface area (Å²) in [7, 11) is 0. The predicted octanol–water partition coefficient (Wildman–Crippen LogP) is 2.10. The molecule has 2 fully saturated rings. The predicted molar refractivity (Wildman–Crippen MR) is 127 cm³/mol. The highest BCUT2D eigenvalue weighted by Gasteiger charge is 2.60. The molecule has 10 heteroatoms. The van der Waals surface area contributed by atoms with Crippen LogP contribution in [0.2, 0.25) is 0 Å². The smallest absolute Gasteiger partial charge is 0.393 e. The van der Waals surface area contributed by atoms with Gasteiger partial charge in [-0.3, -0.25) is 4.98 Å². The lowest BCUT2D eigenvalue weighted by molar-refractivity contribution is -0.172. The lowest BCUT2D eigenvalue weighted by Crippen LogP contribution is -2.65.